The van der Waals surface area contributed by atoms with E-state index in [1.165, 1.54) is 31.4 Å². The second kappa shape index (κ2) is 6.65. The van der Waals surface area contributed by atoms with Crippen LogP contribution in [0.2, 0.25) is 0 Å². The van der Waals surface area contributed by atoms with Gasteiger partial charge in [0.25, 0.3) is 5.69 Å². The zero-order chi connectivity index (χ0) is 14.5. The van der Waals surface area contributed by atoms with E-state index in [2.05, 4.69) is 17.1 Å². The lowest BCUT2D eigenvalue weighted by Gasteiger charge is -2.32. The number of nitrogens with one attached hydrogen (secondary N) is 1. The highest BCUT2D eigenvalue weighted by atomic mass is 19.1. The molecule has 1 saturated heterocycles. The molecule has 0 radical (unpaired) electrons. The van der Waals surface area contributed by atoms with Crippen molar-refractivity contribution in [1.29, 1.82) is 0 Å². The van der Waals surface area contributed by atoms with Gasteiger partial charge in [-0.2, -0.15) is 0 Å². The van der Waals surface area contributed by atoms with E-state index in [1.807, 2.05) is 0 Å². The minimum Gasteiger partial charge on any atom is -0.383 e. The molecule has 1 fully saturated rings. The van der Waals surface area contributed by atoms with Gasteiger partial charge in [-0.25, -0.2) is 4.39 Å². The van der Waals surface area contributed by atoms with Gasteiger partial charge in [0.15, 0.2) is 0 Å². The first-order valence-corrected chi connectivity index (χ1v) is 6.99. The van der Waals surface area contributed by atoms with E-state index in [1.54, 1.807) is 0 Å². The fourth-order valence-corrected chi connectivity index (χ4v) is 2.54. The molecule has 0 amide bonds. The maximum absolute atomic E-state index is 13.3. The lowest BCUT2D eigenvalue weighted by atomic mass is 10.1. The van der Waals surface area contributed by atoms with Crippen molar-refractivity contribution in [3.63, 3.8) is 0 Å². The van der Waals surface area contributed by atoms with Crippen molar-refractivity contribution in [3.8, 4) is 0 Å². The van der Waals surface area contributed by atoms with Crippen LogP contribution in [0.1, 0.15) is 26.2 Å². The molecule has 110 valence electrons. The summed E-state index contributed by atoms with van der Waals surface area (Å²) in [6, 6.07) is 3.92. The number of benzene rings is 1. The lowest BCUT2D eigenvalue weighted by Crippen LogP contribution is -2.41. The number of likely N-dealkylation sites (tertiary alicyclic amines) is 1. The van der Waals surface area contributed by atoms with E-state index >= 15 is 0 Å². The molecule has 0 bridgehead atoms. The zero-order valence-corrected chi connectivity index (χ0v) is 11.6. The topological polar surface area (TPSA) is 58.4 Å². The lowest BCUT2D eigenvalue weighted by molar-refractivity contribution is -0.385. The standard InChI is InChI=1S/C14H20FN3O2/c1-11(17-5-3-2-4-6-17)10-16-13-7-12(15)8-14(9-13)18(19)20/h7-9,11,16H,2-6,10H2,1H3. The van der Waals surface area contributed by atoms with Gasteiger partial charge in [-0.15, -0.1) is 0 Å². The number of nitro groups is 1. The van der Waals surface area contributed by atoms with Gasteiger partial charge < -0.3 is 5.32 Å². The quantitative estimate of drug-likeness (QED) is 0.665. The first-order valence-electron chi connectivity index (χ1n) is 6.99. The average molecular weight is 281 g/mol. The van der Waals surface area contributed by atoms with Crippen LogP contribution >= 0.6 is 0 Å². The second-order valence-corrected chi connectivity index (χ2v) is 5.28. The van der Waals surface area contributed by atoms with Crippen molar-refractivity contribution in [1.82, 2.24) is 4.90 Å². The molecule has 1 aromatic carbocycles. The normalized spacial score (nSPS) is 17.7. The Bertz CT molecular complexity index is 475. The van der Waals surface area contributed by atoms with Gasteiger partial charge in [-0.1, -0.05) is 6.42 Å². The number of anilines is 1. The molecule has 1 atom stereocenters. The molecule has 1 heterocycles. The molecule has 1 aliphatic rings. The van der Waals surface area contributed by atoms with Crippen LogP contribution in [0.15, 0.2) is 18.2 Å². The SMILES string of the molecule is CC(CNc1cc(F)cc([N+](=O)[O-])c1)N1CCCCC1. The maximum atomic E-state index is 13.3. The number of rotatable bonds is 5. The van der Waals surface area contributed by atoms with Crippen LogP contribution in [0, 0.1) is 15.9 Å². The third-order valence-electron chi connectivity index (χ3n) is 3.71. The van der Waals surface area contributed by atoms with Crippen molar-refractivity contribution in [3.05, 3.63) is 34.1 Å². The summed E-state index contributed by atoms with van der Waals surface area (Å²) in [5, 5.41) is 13.8. The van der Waals surface area contributed by atoms with E-state index in [9.17, 15) is 14.5 Å². The molecule has 6 heteroatoms. The number of hydrogen-bond acceptors (Lipinski definition) is 4. The van der Waals surface area contributed by atoms with Gasteiger partial charge >= 0.3 is 0 Å². The third kappa shape index (κ3) is 3.90. The molecular formula is C14H20FN3O2. The third-order valence-corrected chi connectivity index (χ3v) is 3.71. The molecule has 1 aliphatic heterocycles. The summed E-state index contributed by atoms with van der Waals surface area (Å²) in [5.41, 5.74) is 0.235. The van der Waals surface area contributed by atoms with Crippen LogP contribution in [-0.4, -0.2) is 35.5 Å². The summed E-state index contributed by atoms with van der Waals surface area (Å²) in [6.07, 6.45) is 3.72. The molecule has 5 nitrogen and oxygen atoms in total. The Balaban J connectivity index is 1.94. The molecule has 0 spiro atoms. The van der Waals surface area contributed by atoms with Crippen molar-refractivity contribution >= 4 is 11.4 Å². The Morgan fingerprint density at radius 2 is 2.05 bits per heavy atom. The summed E-state index contributed by atoms with van der Waals surface area (Å²) in [5.74, 6) is -0.590. The fraction of sp³-hybridized carbons (Fsp3) is 0.571. The van der Waals surface area contributed by atoms with Crippen molar-refractivity contribution in [2.45, 2.75) is 32.2 Å². The van der Waals surface area contributed by atoms with Crippen molar-refractivity contribution in [2.75, 3.05) is 25.0 Å². The number of piperidine rings is 1. The molecule has 1 aromatic rings. The monoisotopic (exact) mass is 281 g/mol. The smallest absolute Gasteiger partial charge is 0.274 e. The molecular weight excluding hydrogens is 261 g/mol. The second-order valence-electron chi connectivity index (χ2n) is 5.28. The average Bonchev–Trinajstić information content (AvgIpc) is 2.45. The van der Waals surface area contributed by atoms with Crippen molar-refractivity contribution in [2.24, 2.45) is 0 Å². The maximum Gasteiger partial charge on any atom is 0.274 e. The minimum atomic E-state index is -0.590. The first kappa shape index (κ1) is 14.7. The van der Waals surface area contributed by atoms with Crippen LogP contribution in [0.4, 0.5) is 15.8 Å². The van der Waals surface area contributed by atoms with Gasteiger partial charge in [0.2, 0.25) is 0 Å². The van der Waals surface area contributed by atoms with Crippen LogP contribution in [0.3, 0.4) is 0 Å². The van der Waals surface area contributed by atoms with Gasteiger partial charge in [0, 0.05) is 24.3 Å². The van der Waals surface area contributed by atoms with E-state index in [0.29, 0.717) is 18.3 Å². The van der Waals surface area contributed by atoms with E-state index < -0.39 is 10.7 Å². The zero-order valence-electron chi connectivity index (χ0n) is 11.6. The summed E-state index contributed by atoms with van der Waals surface area (Å²) in [6.45, 7) is 4.95. The summed E-state index contributed by atoms with van der Waals surface area (Å²) >= 11 is 0. The Hall–Kier alpha value is -1.69. The highest BCUT2D eigenvalue weighted by Crippen LogP contribution is 2.20. The van der Waals surface area contributed by atoms with Crippen LogP contribution in [0.5, 0.6) is 0 Å². The fourth-order valence-electron chi connectivity index (χ4n) is 2.54. The van der Waals surface area contributed by atoms with E-state index in [-0.39, 0.29) is 5.69 Å². The Morgan fingerprint density at radius 1 is 1.35 bits per heavy atom. The van der Waals surface area contributed by atoms with Gasteiger partial charge in [-0.3, -0.25) is 15.0 Å². The molecule has 2 rings (SSSR count). The molecule has 0 aliphatic carbocycles. The molecule has 0 aromatic heterocycles. The number of nitro benzene ring substituents is 1. The summed E-state index contributed by atoms with van der Waals surface area (Å²) in [4.78, 5) is 12.5. The molecule has 1 N–H and O–H groups in total. The van der Waals surface area contributed by atoms with Gasteiger partial charge in [-0.05, 0) is 38.9 Å². The van der Waals surface area contributed by atoms with E-state index in [0.717, 1.165) is 19.2 Å². The van der Waals surface area contributed by atoms with Gasteiger partial charge in [0.05, 0.1) is 11.0 Å². The van der Waals surface area contributed by atoms with Crippen LogP contribution in [-0.2, 0) is 0 Å². The van der Waals surface area contributed by atoms with Gasteiger partial charge in [0.1, 0.15) is 5.82 Å². The number of non-ortho nitro benzene ring substituents is 1. The number of halogens is 1. The predicted molar refractivity (Wildman–Crippen MR) is 76.4 cm³/mol. The molecule has 20 heavy (non-hydrogen) atoms. The predicted octanol–water partition coefficient (Wildman–Crippen LogP) is 3.02. The molecule has 0 saturated carbocycles. The summed E-state index contributed by atoms with van der Waals surface area (Å²) < 4.78 is 13.3. The highest BCUT2D eigenvalue weighted by molar-refractivity contribution is 5.51. The Labute approximate surface area is 117 Å². The van der Waals surface area contributed by atoms with E-state index in [4.69, 9.17) is 0 Å². The Morgan fingerprint density at radius 3 is 2.70 bits per heavy atom. The molecule has 1 unspecified atom stereocenters. The summed E-state index contributed by atoms with van der Waals surface area (Å²) in [7, 11) is 0. The number of nitrogens with zero attached hydrogens (tertiary/aromatic N) is 2. The Kier molecular flexibility index (Phi) is 4.89. The largest absolute Gasteiger partial charge is 0.383 e. The van der Waals surface area contributed by atoms with Crippen molar-refractivity contribution < 1.29 is 9.31 Å². The number of hydrogen-bond donors (Lipinski definition) is 1. The van der Waals surface area contributed by atoms with Crippen LogP contribution in [0.25, 0.3) is 0 Å². The minimum absolute atomic E-state index is 0.224. The first-order chi connectivity index (χ1) is 9.56. The van der Waals surface area contributed by atoms with Crippen LogP contribution < -0.4 is 5.32 Å². The highest BCUT2D eigenvalue weighted by Gasteiger charge is 2.17.